The molecule has 0 atom stereocenters. The summed E-state index contributed by atoms with van der Waals surface area (Å²) in [6, 6.07) is 13.5. The van der Waals surface area contributed by atoms with Crippen LogP contribution in [0.4, 0.5) is 11.4 Å². The number of nitrogens with zero attached hydrogens (tertiary/aromatic N) is 1. The lowest BCUT2D eigenvalue weighted by Crippen LogP contribution is -2.05. The molecule has 0 bridgehead atoms. The first kappa shape index (κ1) is 15.9. The van der Waals surface area contributed by atoms with Gasteiger partial charge in [0.2, 0.25) is 0 Å². The summed E-state index contributed by atoms with van der Waals surface area (Å²) in [4.78, 5) is 11.7. The molecule has 0 saturated heterocycles. The lowest BCUT2D eigenvalue weighted by atomic mass is 10.2. The Kier molecular flexibility index (Phi) is 5.64. The molecule has 0 fully saturated rings. The van der Waals surface area contributed by atoms with Gasteiger partial charge in [0.1, 0.15) is 0 Å². The summed E-state index contributed by atoms with van der Waals surface area (Å²) in [5, 5.41) is 14.2. The smallest absolute Gasteiger partial charge is 0.273 e. The molecule has 0 amide bonds. The van der Waals surface area contributed by atoms with Gasteiger partial charge in [-0.3, -0.25) is 10.1 Å². The molecule has 0 spiro atoms. The van der Waals surface area contributed by atoms with Crippen LogP contribution in [-0.2, 0) is 0 Å². The highest BCUT2D eigenvalue weighted by molar-refractivity contribution is 9.10. The molecule has 2 aromatic carbocycles. The van der Waals surface area contributed by atoms with E-state index in [1.807, 2.05) is 18.2 Å². The first-order chi connectivity index (χ1) is 10.1. The summed E-state index contributed by atoms with van der Waals surface area (Å²) in [6.07, 6.45) is 0. The van der Waals surface area contributed by atoms with Crippen molar-refractivity contribution in [3.05, 3.63) is 62.6 Å². The first-order valence-electron chi connectivity index (χ1n) is 6.44. The van der Waals surface area contributed by atoms with Gasteiger partial charge >= 0.3 is 0 Å². The third-order valence-corrected chi connectivity index (χ3v) is 4.58. The van der Waals surface area contributed by atoms with E-state index in [9.17, 15) is 10.1 Å². The van der Waals surface area contributed by atoms with Crippen LogP contribution in [0.1, 0.15) is 5.56 Å². The van der Waals surface area contributed by atoms with Gasteiger partial charge in [0.15, 0.2) is 0 Å². The van der Waals surface area contributed by atoms with Gasteiger partial charge in [-0.15, -0.1) is 11.8 Å². The Morgan fingerprint density at radius 3 is 2.67 bits per heavy atom. The van der Waals surface area contributed by atoms with Crippen molar-refractivity contribution < 1.29 is 4.92 Å². The summed E-state index contributed by atoms with van der Waals surface area (Å²) in [5.74, 6) is 0.923. The van der Waals surface area contributed by atoms with E-state index in [0.29, 0.717) is 10.0 Å². The number of benzene rings is 2. The molecule has 0 saturated carbocycles. The molecule has 1 N–H and O–H groups in total. The van der Waals surface area contributed by atoms with Crippen molar-refractivity contribution in [2.45, 2.75) is 11.8 Å². The van der Waals surface area contributed by atoms with E-state index in [-0.39, 0.29) is 10.6 Å². The molecule has 6 heteroatoms. The summed E-state index contributed by atoms with van der Waals surface area (Å²) < 4.78 is 0.713. The molecule has 21 heavy (non-hydrogen) atoms. The number of thioether (sulfide) groups is 1. The minimum Gasteiger partial charge on any atom is -0.383 e. The average molecular weight is 367 g/mol. The summed E-state index contributed by atoms with van der Waals surface area (Å²) in [6.45, 7) is 2.53. The van der Waals surface area contributed by atoms with E-state index < -0.39 is 0 Å². The Morgan fingerprint density at radius 1 is 1.29 bits per heavy atom. The maximum absolute atomic E-state index is 10.9. The lowest BCUT2D eigenvalue weighted by molar-refractivity contribution is -0.385. The van der Waals surface area contributed by atoms with Crippen LogP contribution in [0.5, 0.6) is 0 Å². The van der Waals surface area contributed by atoms with Gasteiger partial charge in [0.25, 0.3) is 5.69 Å². The summed E-state index contributed by atoms with van der Waals surface area (Å²) >= 11 is 5.14. The molecule has 0 aliphatic rings. The number of nitro benzene ring substituents is 1. The maximum atomic E-state index is 10.9. The van der Waals surface area contributed by atoms with E-state index in [1.54, 1.807) is 30.8 Å². The number of nitrogens with one attached hydrogen (secondary N) is 1. The van der Waals surface area contributed by atoms with Gasteiger partial charge in [-0.1, -0.05) is 18.2 Å². The van der Waals surface area contributed by atoms with Crippen molar-refractivity contribution in [2.24, 2.45) is 0 Å². The third-order valence-electron chi connectivity index (χ3n) is 2.91. The molecule has 0 radical (unpaired) electrons. The fraction of sp³-hybridized carbons (Fsp3) is 0.200. The zero-order valence-corrected chi connectivity index (χ0v) is 13.9. The topological polar surface area (TPSA) is 55.2 Å². The average Bonchev–Trinajstić information content (AvgIpc) is 2.47. The highest BCUT2D eigenvalue weighted by atomic mass is 79.9. The molecule has 0 unspecified atom stereocenters. The van der Waals surface area contributed by atoms with Gasteiger partial charge in [0.05, 0.1) is 4.92 Å². The minimum atomic E-state index is -0.366. The molecule has 4 nitrogen and oxygen atoms in total. The molecule has 2 aromatic rings. The predicted molar refractivity (Wildman–Crippen MR) is 91.2 cm³/mol. The Morgan fingerprint density at radius 2 is 2.00 bits per heavy atom. The van der Waals surface area contributed by atoms with Crippen molar-refractivity contribution in [3.63, 3.8) is 0 Å². The van der Waals surface area contributed by atoms with Crippen LogP contribution >= 0.6 is 27.7 Å². The Balaban J connectivity index is 1.92. The van der Waals surface area contributed by atoms with Crippen LogP contribution in [0.3, 0.4) is 0 Å². The quantitative estimate of drug-likeness (QED) is 0.343. The lowest BCUT2D eigenvalue weighted by Gasteiger charge is -2.10. The molecule has 0 aliphatic carbocycles. The highest BCUT2D eigenvalue weighted by Gasteiger charge is 2.13. The molecule has 0 aromatic heterocycles. The van der Waals surface area contributed by atoms with Crippen LogP contribution in [0.2, 0.25) is 0 Å². The number of anilines is 1. The second-order valence-electron chi connectivity index (χ2n) is 4.46. The number of aryl methyl sites for hydroxylation is 1. The SMILES string of the molecule is Cc1cc(NCCSc2ccccc2)c(Br)cc1[N+](=O)[O-]. The van der Waals surface area contributed by atoms with Crippen LogP contribution in [0.15, 0.2) is 51.8 Å². The molecule has 2 rings (SSSR count). The van der Waals surface area contributed by atoms with E-state index in [1.165, 1.54) is 4.90 Å². The van der Waals surface area contributed by atoms with Crippen LogP contribution in [0.25, 0.3) is 0 Å². The first-order valence-corrected chi connectivity index (χ1v) is 8.22. The monoisotopic (exact) mass is 366 g/mol. The maximum Gasteiger partial charge on any atom is 0.273 e. The van der Waals surface area contributed by atoms with E-state index in [0.717, 1.165) is 18.0 Å². The highest BCUT2D eigenvalue weighted by Crippen LogP contribution is 2.30. The number of rotatable bonds is 6. The summed E-state index contributed by atoms with van der Waals surface area (Å²) in [5.41, 5.74) is 1.67. The van der Waals surface area contributed by atoms with Gasteiger partial charge < -0.3 is 5.32 Å². The fourth-order valence-electron chi connectivity index (χ4n) is 1.87. The van der Waals surface area contributed by atoms with Gasteiger partial charge in [0, 0.05) is 39.0 Å². The molecule has 0 heterocycles. The van der Waals surface area contributed by atoms with Crippen LogP contribution < -0.4 is 5.32 Å². The number of halogens is 1. The van der Waals surface area contributed by atoms with Crippen molar-refractivity contribution >= 4 is 39.1 Å². The number of hydrogen-bond acceptors (Lipinski definition) is 4. The second kappa shape index (κ2) is 7.47. The van der Waals surface area contributed by atoms with Gasteiger partial charge in [-0.05, 0) is 41.1 Å². The molecular weight excluding hydrogens is 352 g/mol. The number of nitro groups is 1. The normalized spacial score (nSPS) is 10.4. The standard InChI is InChI=1S/C15H15BrN2O2S/c1-11-9-14(13(16)10-15(11)18(19)20)17-7-8-21-12-5-3-2-4-6-12/h2-6,9-10,17H,7-8H2,1H3. The Bertz CT molecular complexity index is 635. The van der Waals surface area contributed by atoms with Crippen molar-refractivity contribution in [3.8, 4) is 0 Å². The zero-order chi connectivity index (χ0) is 15.2. The number of hydrogen-bond donors (Lipinski definition) is 1. The minimum absolute atomic E-state index is 0.131. The molecular formula is C15H15BrN2O2S. The van der Waals surface area contributed by atoms with E-state index in [4.69, 9.17) is 0 Å². The van der Waals surface area contributed by atoms with Crippen molar-refractivity contribution in [2.75, 3.05) is 17.6 Å². The largest absolute Gasteiger partial charge is 0.383 e. The van der Waals surface area contributed by atoms with E-state index in [2.05, 4.69) is 33.4 Å². The fourth-order valence-corrected chi connectivity index (χ4v) is 3.14. The Hall–Kier alpha value is -1.53. The molecule has 110 valence electrons. The summed E-state index contributed by atoms with van der Waals surface area (Å²) in [7, 11) is 0. The van der Waals surface area contributed by atoms with Gasteiger partial charge in [-0.25, -0.2) is 0 Å². The van der Waals surface area contributed by atoms with Crippen LogP contribution in [-0.4, -0.2) is 17.2 Å². The van der Waals surface area contributed by atoms with Crippen molar-refractivity contribution in [1.29, 1.82) is 0 Å². The third kappa shape index (κ3) is 4.47. The zero-order valence-electron chi connectivity index (χ0n) is 11.5. The molecule has 0 aliphatic heterocycles. The second-order valence-corrected chi connectivity index (χ2v) is 6.49. The van der Waals surface area contributed by atoms with E-state index >= 15 is 0 Å². The van der Waals surface area contributed by atoms with Crippen molar-refractivity contribution in [1.82, 2.24) is 0 Å². The van der Waals surface area contributed by atoms with Crippen LogP contribution in [0, 0.1) is 17.0 Å². The van der Waals surface area contributed by atoms with Gasteiger partial charge in [-0.2, -0.15) is 0 Å². The Labute approximate surface area is 136 Å². The predicted octanol–water partition coefficient (Wildman–Crippen LogP) is 4.87.